The summed E-state index contributed by atoms with van der Waals surface area (Å²) >= 11 is 0. The van der Waals surface area contributed by atoms with Gasteiger partial charge in [0.25, 0.3) is 5.91 Å². The Hall–Kier alpha value is -3.09. The van der Waals surface area contributed by atoms with Crippen molar-refractivity contribution in [3.8, 4) is 0 Å². The number of carbonyl (C=O) groups is 2. The van der Waals surface area contributed by atoms with Gasteiger partial charge in [0.1, 0.15) is 5.82 Å². The van der Waals surface area contributed by atoms with E-state index < -0.39 is 5.97 Å². The summed E-state index contributed by atoms with van der Waals surface area (Å²) in [5.74, 6) is -0.799. The minimum Gasteiger partial charge on any atom is -0.475 e. The van der Waals surface area contributed by atoms with Crippen LogP contribution in [0.1, 0.15) is 52.7 Å². The molecule has 1 aliphatic heterocycles. The van der Waals surface area contributed by atoms with E-state index >= 15 is 0 Å². The van der Waals surface area contributed by atoms with Gasteiger partial charge in [0.2, 0.25) is 5.76 Å². The monoisotopic (exact) mass is 353 g/mol. The number of hydrogen-bond acceptors (Lipinski definition) is 4. The van der Waals surface area contributed by atoms with Crippen LogP contribution in [-0.2, 0) is 6.54 Å². The predicted octanol–water partition coefficient (Wildman–Crippen LogP) is 3.32. The molecule has 3 aromatic rings. The number of amides is 1. The number of aromatic carboxylic acids is 1. The van der Waals surface area contributed by atoms with Crippen molar-refractivity contribution in [1.82, 2.24) is 14.5 Å². The van der Waals surface area contributed by atoms with Gasteiger partial charge in [-0.25, -0.2) is 9.78 Å². The maximum atomic E-state index is 12.9. The molecule has 7 heteroatoms. The molecule has 1 atom stereocenters. The molecule has 1 N–H and O–H groups in total. The Bertz CT molecular complexity index is 988. The van der Waals surface area contributed by atoms with Crippen LogP contribution in [0.25, 0.3) is 11.0 Å². The topological polar surface area (TPSA) is 88.6 Å². The van der Waals surface area contributed by atoms with Crippen molar-refractivity contribution >= 4 is 22.9 Å². The van der Waals surface area contributed by atoms with Crippen molar-refractivity contribution < 1.29 is 19.1 Å². The van der Waals surface area contributed by atoms with E-state index in [0.29, 0.717) is 6.54 Å². The molecule has 1 aliphatic rings. The second kappa shape index (κ2) is 6.33. The zero-order chi connectivity index (χ0) is 18.3. The zero-order valence-corrected chi connectivity index (χ0v) is 14.4. The SMILES string of the molecule is CCn1c(C2CCCN2C(=O)c2ccc(C(=O)O)o2)nc2ccccc21. The standard InChI is InChI=1S/C19H19N3O4/c1-2-21-13-7-4-3-6-12(13)20-17(21)14-8-5-11-22(14)18(23)15-9-10-16(26-15)19(24)25/h3-4,6-7,9-10,14H,2,5,8,11H2,1H3,(H,24,25). The Morgan fingerprint density at radius 1 is 1.23 bits per heavy atom. The number of carboxylic acid groups (broad SMARTS) is 1. The maximum Gasteiger partial charge on any atom is 0.371 e. The fourth-order valence-electron chi connectivity index (χ4n) is 3.67. The number of carboxylic acids is 1. The van der Waals surface area contributed by atoms with E-state index in [1.807, 2.05) is 24.3 Å². The number of rotatable bonds is 4. The van der Waals surface area contributed by atoms with Crippen molar-refractivity contribution in [2.24, 2.45) is 0 Å². The first-order valence-corrected chi connectivity index (χ1v) is 8.69. The summed E-state index contributed by atoms with van der Waals surface area (Å²) in [5.41, 5.74) is 1.96. The van der Waals surface area contributed by atoms with Crippen molar-refractivity contribution in [2.45, 2.75) is 32.4 Å². The van der Waals surface area contributed by atoms with Gasteiger partial charge in [-0.2, -0.15) is 0 Å². The Labute approximate surface area is 149 Å². The molecule has 1 fully saturated rings. The molecule has 1 unspecified atom stereocenters. The fraction of sp³-hybridized carbons (Fsp3) is 0.316. The molecule has 0 spiro atoms. The summed E-state index contributed by atoms with van der Waals surface area (Å²) < 4.78 is 7.34. The highest BCUT2D eigenvalue weighted by Gasteiger charge is 2.35. The molecule has 134 valence electrons. The summed E-state index contributed by atoms with van der Waals surface area (Å²) in [7, 11) is 0. The second-order valence-electron chi connectivity index (χ2n) is 6.33. The van der Waals surface area contributed by atoms with Crippen molar-refractivity contribution in [1.29, 1.82) is 0 Å². The maximum absolute atomic E-state index is 12.9. The van der Waals surface area contributed by atoms with E-state index in [1.54, 1.807) is 4.90 Å². The third kappa shape index (κ3) is 2.56. The largest absolute Gasteiger partial charge is 0.475 e. The van der Waals surface area contributed by atoms with Crippen molar-refractivity contribution in [3.63, 3.8) is 0 Å². The number of benzene rings is 1. The minimum atomic E-state index is -1.19. The Balaban J connectivity index is 1.70. The van der Waals surface area contributed by atoms with Crippen LogP contribution in [-0.4, -0.2) is 38.0 Å². The summed E-state index contributed by atoms with van der Waals surface area (Å²) in [6.07, 6.45) is 1.69. The van der Waals surface area contributed by atoms with Crippen LogP contribution in [0, 0.1) is 0 Å². The number of fused-ring (bicyclic) bond motifs is 1. The molecular weight excluding hydrogens is 334 g/mol. The first-order valence-electron chi connectivity index (χ1n) is 8.69. The molecule has 1 amide bonds. The molecule has 2 aromatic heterocycles. The van der Waals surface area contributed by atoms with Gasteiger partial charge in [-0.3, -0.25) is 4.79 Å². The molecular formula is C19H19N3O4. The van der Waals surface area contributed by atoms with Crippen LogP contribution in [0.2, 0.25) is 0 Å². The second-order valence-corrected chi connectivity index (χ2v) is 6.33. The number of para-hydroxylation sites is 2. The molecule has 1 saturated heterocycles. The third-order valence-corrected chi connectivity index (χ3v) is 4.84. The number of aryl methyl sites for hydroxylation is 1. The molecule has 7 nitrogen and oxygen atoms in total. The van der Waals surface area contributed by atoms with Crippen LogP contribution in [0.5, 0.6) is 0 Å². The quantitative estimate of drug-likeness (QED) is 0.777. The van der Waals surface area contributed by atoms with Crippen LogP contribution < -0.4 is 0 Å². The number of aromatic nitrogens is 2. The number of nitrogens with zero attached hydrogens (tertiary/aromatic N) is 3. The van der Waals surface area contributed by atoms with E-state index in [0.717, 1.165) is 36.2 Å². The number of furan rings is 1. The van der Waals surface area contributed by atoms with Gasteiger partial charge in [-0.05, 0) is 44.0 Å². The van der Waals surface area contributed by atoms with E-state index in [2.05, 4.69) is 11.5 Å². The summed E-state index contributed by atoms with van der Waals surface area (Å²) in [5, 5.41) is 8.99. The summed E-state index contributed by atoms with van der Waals surface area (Å²) in [6.45, 7) is 3.42. The smallest absolute Gasteiger partial charge is 0.371 e. The van der Waals surface area contributed by atoms with E-state index in [1.165, 1.54) is 12.1 Å². The van der Waals surface area contributed by atoms with E-state index in [4.69, 9.17) is 14.5 Å². The molecule has 26 heavy (non-hydrogen) atoms. The Kier molecular flexibility index (Phi) is 3.99. The summed E-state index contributed by atoms with van der Waals surface area (Å²) in [4.78, 5) is 30.4. The number of carbonyl (C=O) groups excluding carboxylic acids is 1. The lowest BCUT2D eigenvalue weighted by Gasteiger charge is -2.24. The fourth-order valence-corrected chi connectivity index (χ4v) is 3.67. The van der Waals surface area contributed by atoms with E-state index in [9.17, 15) is 9.59 Å². The van der Waals surface area contributed by atoms with Gasteiger partial charge >= 0.3 is 5.97 Å². The highest BCUT2D eigenvalue weighted by atomic mass is 16.4. The first-order chi connectivity index (χ1) is 12.6. The van der Waals surface area contributed by atoms with Crippen LogP contribution in [0.3, 0.4) is 0 Å². The van der Waals surface area contributed by atoms with Crippen LogP contribution in [0.4, 0.5) is 0 Å². The third-order valence-electron chi connectivity index (χ3n) is 4.84. The highest BCUT2D eigenvalue weighted by Crippen LogP contribution is 2.34. The molecule has 1 aromatic carbocycles. The van der Waals surface area contributed by atoms with Crippen LogP contribution in [0.15, 0.2) is 40.8 Å². The number of likely N-dealkylation sites (tertiary alicyclic amines) is 1. The first kappa shape index (κ1) is 16.4. The minimum absolute atomic E-state index is 0.0495. The average molecular weight is 353 g/mol. The van der Waals surface area contributed by atoms with Crippen molar-refractivity contribution in [3.05, 3.63) is 53.7 Å². The molecule has 4 rings (SSSR count). The van der Waals surface area contributed by atoms with Gasteiger partial charge in [-0.1, -0.05) is 12.1 Å². The Morgan fingerprint density at radius 2 is 2.00 bits per heavy atom. The lowest BCUT2D eigenvalue weighted by molar-refractivity contribution is 0.0643. The summed E-state index contributed by atoms with van der Waals surface area (Å²) in [6, 6.07) is 10.5. The normalized spacial score (nSPS) is 17.1. The van der Waals surface area contributed by atoms with Crippen LogP contribution >= 0.6 is 0 Å². The molecule has 3 heterocycles. The lowest BCUT2D eigenvalue weighted by atomic mass is 10.2. The van der Waals surface area contributed by atoms with Gasteiger partial charge in [0.15, 0.2) is 5.76 Å². The van der Waals surface area contributed by atoms with E-state index in [-0.39, 0.29) is 23.5 Å². The zero-order valence-electron chi connectivity index (χ0n) is 14.4. The van der Waals surface area contributed by atoms with Gasteiger partial charge < -0.3 is 19.0 Å². The molecule has 0 radical (unpaired) electrons. The Morgan fingerprint density at radius 3 is 2.73 bits per heavy atom. The van der Waals surface area contributed by atoms with Gasteiger partial charge in [0.05, 0.1) is 17.1 Å². The molecule has 0 saturated carbocycles. The lowest BCUT2D eigenvalue weighted by Crippen LogP contribution is -2.31. The van der Waals surface area contributed by atoms with Gasteiger partial charge in [0, 0.05) is 13.1 Å². The highest BCUT2D eigenvalue weighted by molar-refractivity contribution is 5.94. The molecule has 0 aliphatic carbocycles. The average Bonchev–Trinajstić information content (AvgIpc) is 3.37. The predicted molar refractivity (Wildman–Crippen MR) is 94.1 cm³/mol. The van der Waals surface area contributed by atoms with Gasteiger partial charge in [-0.15, -0.1) is 0 Å². The molecule has 0 bridgehead atoms. The number of hydrogen-bond donors (Lipinski definition) is 1. The number of imidazole rings is 1. The van der Waals surface area contributed by atoms with Crippen molar-refractivity contribution in [2.75, 3.05) is 6.54 Å².